The van der Waals surface area contributed by atoms with Gasteiger partial charge < -0.3 is 14.3 Å². The average Bonchev–Trinajstić information content (AvgIpc) is 2.75. The van der Waals surface area contributed by atoms with Crippen molar-refractivity contribution in [2.75, 3.05) is 14.2 Å². The molecular formula is C29H38O3. The Labute approximate surface area is 193 Å². The number of carbonyl (C=O) groups is 1. The molecule has 0 N–H and O–H groups in total. The maximum Gasteiger partial charge on any atom is 0.127 e. The predicted molar refractivity (Wildman–Crippen MR) is 132 cm³/mol. The van der Waals surface area contributed by atoms with Crippen molar-refractivity contribution >= 4 is 6.29 Å². The molecule has 3 nitrogen and oxygen atoms in total. The van der Waals surface area contributed by atoms with Crippen molar-refractivity contribution in [3.63, 3.8) is 0 Å². The van der Waals surface area contributed by atoms with E-state index in [4.69, 9.17) is 9.47 Å². The van der Waals surface area contributed by atoms with Crippen LogP contribution in [-0.2, 0) is 17.6 Å². The highest BCUT2D eigenvalue weighted by molar-refractivity contribution is 5.63. The normalized spacial score (nSPS) is 29.3. The minimum absolute atomic E-state index is 0.174. The lowest BCUT2D eigenvalue weighted by molar-refractivity contribution is -0.121. The number of methoxy groups -OCH3 is 2. The zero-order valence-electron chi connectivity index (χ0n) is 20.4. The van der Waals surface area contributed by atoms with Crippen molar-refractivity contribution in [3.05, 3.63) is 70.9 Å². The summed E-state index contributed by atoms with van der Waals surface area (Å²) < 4.78 is 11.6. The second-order valence-electron chi connectivity index (χ2n) is 9.64. The lowest BCUT2D eigenvalue weighted by Crippen LogP contribution is -2.41. The molecule has 0 amide bonds. The third-order valence-electron chi connectivity index (χ3n) is 7.33. The summed E-state index contributed by atoms with van der Waals surface area (Å²) in [7, 11) is 3.46. The first-order valence-corrected chi connectivity index (χ1v) is 11.7. The Morgan fingerprint density at radius 1 is 1.06 bits per heavy atom. The summed E-state index contributed by atoms with van der Waals surface area (Å²) in [6.45, 7) is 10.8. The fourth-order valence-corrected chi connectivity index (χ4v) is 5.44. The Hall–Kier alpha value is -2.55. The number of fused-ring (bicyclic) bond motifs is 8. The van der Waals surface area contributed by atoms with Crippen LogP contribution in [0.25, 0.3) is 0 Å². The fraction of sp³-hybridized carbons (Fsp3) is 0.483. The molecule has 0 saturated heterocycles. The van der Waals surface area contributed by atoms with Gasteiger partial charge in [0.1, 0.15) is 17.8 Å². The van der Waals surface area contributed by atoms with E-state index >= 15 is 0 Å². The van der Waals surface area contributed by atoms with Crippen molar-refractivity contribution in [1.82, 2.24) is 0 Å². The third-order valence-corrected chi connectivity index (χ3v) is 7.33. The summed E-state index contributed by atoms with van der Waals surface area (Å²) in [6.07, 6.45) is 15.2. The van der Waals surface area contributed by atoms with Gasteiger partial charge >= 0.3 is 0 Å². The second-order valence-corrected chi connectivity index (χ2v) is 9.64. The number of aldehydes is 1. The molecule has 0 unspecified atom stereocenters. The highest BCUT2D eigenvalue weighted by Gasteiger charge is 2.44. The first-order valence-electron chi connectivity index (χ1n) is 11.7. The first kappa shape index (κ1) is 24.1. The quantitative estimate of drug-likeness (QED) is 0.387. The summed E-state index contributed by atoms with van der Waals surface area (Å²) in [6, 6.07) is 4.24. The van der Waals surface area contributed by atoms with Crippen LogP contribution in [0.2, 0.25) is 0 Å². The lowest BCUT2D eigenvalue weighted by Gasteiger charge is -2.43. The van der Waals surface area contributed by atoms with Gasteiger partial charge in [-0.2, -0.15) is 0 Å². The summed E-state index contributed by atoms with van der Waals surface area (Å²) in [5.74, 6) is 2.13. The van der Waals surface area contributed by atoms with Crippen molar-refractivity contribution in [3.8, 4) is 11.5 Å². The Balaban J connectivity index is 2.13. The lowest BCUT2D eigenvalue weighted by atomic mass is 9.59. The van der Waals surface area contributed by atoms with Gasteiger partial charge in [0.15, 0.2) is 0 Å². The predicted octanol–water partition coefficient (Wildman–Crippen LogP) is 6.82. The van der Waals surface area contributed by atoms with E-state index in [0.717, 1.165) is 66.7 Å². The maximum absolute atomic E-state index is 12.7. The van der Waals surface area contributed by atoms with E-state index in [1.165, 1.54) is 17.4 Å². The summed E-state index contributed by atoms with van der Waals surface area (Å²) in [4.78, 5) is 12.7. The Kier molecular flexibility index (Phi) is 7.82. The zero-order chi connectivity index (χ0) is 23.3. The molecule has 1 aromatic rings. The number of ether oxygens (including phenoxy) is 2. The SMILES string of the molecule is C=C1/C=C\C[C@]2(C=O)[C@@H](CC(C)=C[C@H]2C)Cc2cc(OC)c(cc2OC)C/C(C)=C\CC1. The van der Waals surface area contributed by atoms with Gasteiger partial charge in [0.25, 0.3) is 0 Å². The molecule has 3 atom stereocenters. The van der Waals surface area contributed by atoms with Crippen LogP contribution >= 0.6 is 0 Å². The Morgan fingerprint density at radius 3 is 2.44 bits per heavy atom. The highest BCUT2D eigenvalue weighted by Crippen LogP contribution is 2.48. The summed E-state index contributed by atoms with van der Waals surface area (Å²) in [5, 5.41) is 0. The molecule has 0 radical (unpaired) electrons. The molecule has 0 fully saturated rings. The second kappa shape index (κ2) is 10.4. The van der Waals surface area contributed by atoms with Crippen LogP contribution in [0.15, 0.2) is 59.7 Å². The molecule has 0 spiro atoms. The molecule has 3 heteroatoms. The molecule has 0 aromatic heterocycles. The monoisotopic (exact) mass is 434 g/mol. The summed E-state index contributed by atoms with van der Waals surface area (Å²) >= 11 is 0. The first-order chi connectivity index (χ1) is 15.3. The van der Waals surface area contributed by atoms with Gasteiger partial charge in [0, 0.05) is 11.0 Å². The average molecular weight is 435 g/mol. The molecular weight excluding hydrogens is 396 g/mol. The van der Waals surface area contributed by atoms with Crippen LogP contribution in [0.5, 0.6) is 11.5 Å². The highest BCUT2D eigenvalue weighted by atomic mass is 16.5. The molecule has 0 saturated carbocycles. The van der Waals surface area contributed by atoms with Gasteiger partial charge in [0.05, 0.1) is 14.2 Å². The van der Waals surface area contributed by atoms with E-state index in [-0.39, 0.29) is 11.8 Å². The van der Waals surface area contributed by atoms with Gasteiger partial charge in [-0.05, 0) is 81.9 Å². The molecule has 3 aliphatic rings. The van der Waals surface area contributed by atoms with E-state index in [1.807, 2.05) is 0 Å². The maximum atomic E-state index is 12.7. The molecule has 2 bridgehead atoms. The number of hydrogen-bond acceptors (Lipinski definition) is 3. The summed E-state index contributed by atoms with van der Waals surface area (Å²) in [5.41, 5.74) is 5.56. The van der Waals surface area contributed by atoms with Crippen LogP contribution < -0.4 is 9.47 Å². The van der Waals surface area contributed by atoms with Gasteiger partial charge in [-0.3, -0.25) is 0 Å². The number of carbonyl (C=O) groups excluding carboxylic acids is 1. The number of benzene rings is 1. The molecule has 0 heterocycles. The van der Waals surface area contributed by atoms with Crippen molar-refractivity contribution in [1.29, 1.82) is 0 Å². The van der Waals surface area contributed by atoms with E-state index in [2.05, 4.69) is 63.8 Å². The third kappa shape index (κ3) is 5.09. The van der Waals surface area contributed by atoms with Crippen LogP contribution in [0.1, 0.15) is 57.6 Å². The molecule has 172 valence electrons. The van der Waals surface area contributed by atoms with E-state index in [0.29, 0.717) is 0 Å². The van der Waals surface area contributed by atoms with Crippen molar-refractivity contribution in [2.45, 2.75) is 59.3 Å². The van der Waals surface area contributed by atoms with E-state index in [1.54, 1.807) is 14.2 Å². The standard InChI is InChI=1S/C29H38O3/c1-20-9-7-10-21(2)14-24-17-28(32-6)25(18-27(24)31-5)16-26-15-22(3)13-23(4)29(26,19-30)12-8-11-20/h8,10-11,13,17-19,23,26H,1,7,9,12,14-16H2,2-6H3/b11-8-,21-10-/t23-,26+,29-/m1/s1. The molecule has 3 aliphatic carbocycles. The van der Waals surface area contributed by atoms with Gasteiger partial charge in [-0.15, -0.1) is 0 Å². The van der Waals surface area contributed by atoms with Gasteiger partial charge in [-0.25, -0.2) is 0 Å². The van der Waals surface area contributed by atoms with Crippen molar-refractivity contribution < 1.29 is 14.3 Å². The zero-order valence-corrected chi connectivity index (χ0v) is 20.4. The number of allylic oxidation sites excluding steroid dienone is 7. The molecule has 32 heavy (non-hydrogen) atoms. The van der Waals surface area contributed by atoms with Gasteiger partial charge in [-0.1, -0.05) is 54.5 Å². The van der Waals surface area contributed by atoms with Crippen molar-refractivity contribution in [2.24, 2.45) is 17.3 Å². The number of hydrogen-bond donors (Lipinski definition) is 0. The van der Waals surface area contributed by atoms with Gasteiger partial charge in [0.2, 0.25) is 0 Å². The number of rotatable bonds is 3. The molecule has 4 rings (SSSR count). The minimum atomic E-state index is -0.444. The Morgan fingerprint density at radius 2 is 1.75 bits per heavy atom. The van der Waals surface area contributed by atoms with Crippen LogP contribution in [0.4, 0.5) is 0 Å². The topological polar surface area (TPSA) is 35.5 Å². The van der Waals surface area contributed by atoms with E-state index in [9.17, 15) is 4.79 Å². The minimum Gasteiger partial charge on any atom is -0.496 e. The molecule has 0 aliphatic heterocycles. The Bertz CT molecular complexity index is 949. The van der Waals surface area contributed by atoms with E-state index < -0.39 is 5.41 Å². The molecule has 1 aromatic carbocycles. The largest absolute Gasteiger partial charge is 0.496 e. The smallest absolute Gasteiger partial charge is 0.127 e. The van der Waals surface area contributed by atoms with Crippen LogP contribution in [-0.4, -0.2) is 20.5 Å². The van der Waals surface area contributed by atoms with Crippen LogP contribution in [0, 0.1) is 17.3 Å². The fourth-order valence-electron chi connectivity index (χ4n) is 5.44. The van der Waals surface area contributed by atoms with Crippen LogP contribution in [0.3, 0.4) is 0 Å².